The number of methoxy groups -OCH3 is 1. The van der Waals surface area contributed by atoms with Crippen LogP contribution >= 0.6 is 11.8 Å². The molecule has 2 aromatic carbocycles. The van der Waals surface area contributed by atoms with Gasteiger partial charge in [0.15, 0.2) is 16.7 Å². The van der Waals surface area contributed by atoms with E-state index < -0.39 is 12.0 Å². The first-order chi connectivity index (χ1) is 18.7. The molecule has 1 atom stereocenters. The number of ether oxygens (including phenoxy) is 3. The summed E-state index contributed by atoms with van der Waals surface area (Å²) in [4.78, 5) is 34.7. The molecule has 0 bridgehead atoms. The number of benzene rings is 2. The summed E-state index contributed by atoms with van der Waals surface area (Å²) in [7, 11) is 3.37. The summed E-state index contributed by atoms with van der Waals surface area (Å²) in [6.45, 7) is 8.39. The average molecular weight is 550 g/mol. The number of nitrogens with zero attached hydrogens (tertiary/aromatic N) is 3. The van der Waals surface area contributed by atoms with Gasteiger partial charge in [-0.05, 0) is 56.4 Å². The summed E-state index contributed by atoms with van der Waals surface area (Å²) < 4.78 is 17.4. The zero-order valence-electron chi connectivity index (χ0n) is 23.3. The van der Waals surface area contributed by atoms with Crippen LogP contribution in [-0.2, 0) is 20.9 Å². The van der Waals surface area contributed by atoms with Crippen molar-refractivity contribution in [3.05, 3.63) is 82.0 Å². The molecular formula is C30H35N3O5S. The Labute approximate surface area is 234 Å². The maximum absolute atomic E-state index is 13.4. The molecule has 0 aromatic heterocycles. The van der Waals surface area contributed by atoms with Gasteiger partial charge in [0, 0.05) is 19.3 Å². The Hall–Kier alpha value is -3.72. The summed E-state index contributed by atoms with van der Waals surface area (Å²) >= 11 is 1.45. The smallest absolute Gasteiger partial charge is 0.338 e. The molecule has 0 N–H and O–H groups in total. The van der Waals surface area contributed by atoms with E-state index in [1.165, 1.54) is 11.8 Å². The Bertz CT molecular complexity index is 1320. The molecule has 2 aromatic rings. The Morgan fingerprint density at radius 1 is 1.13 bits per heavy atom. The van der Waals surface area contributed by atoms with Crippen molar-refractivity contribution in [3.8, 4) is 11.5 Å². The standard InChI is InChI=1S/C30H35N3O5S/c1-7-32(5)26(34)16-23-18-39-30-31-20(4)27(29(35)38-19(2)3)28(33(23)30)22-13-14-24(25(15-22)36-6)37-17-21-11-9-8-10-12-21/h8-15,18-19,28H,7,16-17H2,1-6H3/t28-/m0/s1. The lowest BCUT2D eigenvalue weighted by Crippen LogP contribution is -2.38. The third-order valence-corrected chi connectivity index (χ3v) is 7.43. The van der Waals surface area contributed by atoms with Crippen LogP contribution in [-0.4, -0.2) is 53.7 Å². The van der Waals surface area contributed by atoms with Crippen molar-refractivity contribution in [1.82, 2.24) is 9.80 Å². The van der Waals surface area contributed by atoms with Crippen molar-refractivity contribution < 1.29 is 23.8 Å². The van der Waals surface area contributed by atoms with Crippen LogP contribution in [0.2, 0.25) is 0 Å². The van der Waals surface area contributed by atoms with E-state index in [-0.39, 0.29) is 18.4 Å². The molecule has 9 heteroatoms. The zero-order valence-corrected chi connectivity index (χ0v) is 24.1. The van der Waals surface area contributed by atoms with Crippen molar-refractivity contribution >= 4 is 28.8 Å². The van der Waals surface area contributed by atoms with E-state index in [9.17, 15) is 9.59 Å². The summed E-state index contributed by atoms with van der Waals surface area (Å²) in [6.07, 6.45) is -0.108. The molecule has 2 aliphatic rings. The first-order valence-electron chi connectivity index (χ1n) is 13.0. The van der Waals surface area contributed by atoms with E-state index in [1.54, 1.807) is 19.1 Å². The Morgan fingerprint density at radius 3 is 2.54 bits per heavy atom. The zero-order chi connectivity index (χ0) is 28.1. The van der Waals surface area contributed by atoms with E-state index in [2.05, 4.69) is 0 Å². The second-order valence-corrected chi connectivity index (χ2v) is 10.5. The molecular weight excluding hydrogens is 514 g/mol. The van der Waals surface area contributed by atoms with Gasteiger partial charge in [-0.25, -0.2) is 9.79 Å². The first kappa shape index (κ1) is 28.3. The second-order valence-electron chi connectivity index (χ2n) is 9.62. The summed E-state index contributed by atoms with van der Waals surface area (Å²) in [6, 6.07) is 15.0. The number of carbonyl (C=O) groups excluding carboxylic acids is 2. The van der Waals surface area contributed by atoms with Gasteiger partial charge in [-0.3, -0.25) is 4.79 Å². The Kier molecular flexibility index (Phi) is 9.01. The van der Waals surface area contributed by atoms with Gasteiger partial charge >= 0.3 is 5.97 Å². The fraction of sp³-hybridized carbons (Fsp3) is 0.367. The van der Waals surface area contributed by atoms with Crippen LogP contribution in [0.15, 0.2) is 75.9 Å². The van der Waals surface area contributed by atoms with E-state index in [0.717, 1.165) is 16.8 Å². The van der Waals surface area contributed by atoms with Crippen molar-refractivity contribution in [2.75, 3.05) is 20.7 Å². The average Bonchev–Trinajstić information content (AvgIpc) is 3.32. The van der Waals surface area contributed by atoms with E-state index in [4.69, 9.17) is 19.2 Å². The van der Waals surface area contributed by atoms with Crippen molar-refractivity contribution in [2.45, 2.75) is 52.9 Å². The number of hydrogen-bond acceptors (Lipinski definition) is 8. The highest BCUT2D eigenvalue weighted by molar-refractivity contribution is 8.16. The fourth-order valence-electron chi connectivity index (χ4n) is 4.40. The van der Waals surface area contributed by atoms with Crippen molar-refractivity contribution in [1.29, 1.82) is 0 Å². The number of amidine groups is 1. The van der Waals surface area contributed by atoms with Crippen molar-refractivity contribution in [3.63, 3.8) is 0 Å². The largest absolute Gasteiger partial charge is 0.493 e. The minimum atomic E-state index is -0.554. The molecule has 0 unspecified atom stereocenters. The first-order valence-corrected chi connectivity index (χ1v) is 13.8. The molecule has 0 aliphatic carbocycles. The van der Waals surface area contributed by atoms with E-state index in [0.29, 0.717) is 41.1 Å². The lowest BCUT2D eigenvalue weighted by molar-refractivity contribution is -0.143. The highest BCUT2D eigenvalue weighted by Crippen LogP contribution is 2.46. The summed E-state index contributed by atoms with van der Waals surface area (Å²) in [5, 5.41) is 2.65. The van der Waals surface area contributed by atoms with Gasteiger partial charge in [-0.15, -0.1) is 0 Å². The van der Waals surface area contributed by atoms with Gasteiger partial charge in [-0.2, -0.15) is 0 Å². The van der Waals surface area contributed by atoms with Gasteiger partial charge in [0.25, 0.3) is 0 Å². The molecule has 0 saturated carbocycles. The number of carbonyl (C=O) groups is 2. The maximum Gasteiger partial charge on any atom is 0.338 e. The SMILES string of the molecule is CCN(C)C(=O)CC1=CSC2=NC(C)=C(C(=O)OC(C)C)[C@H](c3ccc(OCc4ccccc4)c(OC)c3)N12. The Morgan fingerprint density at radius 2 is 1.87 bits per heavy atom. The van der Waals surface area contributed by atoms with Gasteiger partial charge in [0.1, 0.15) is 6.61 Å². The van der Waals surface area contributed by atoms with E-state index >= 15 is 0 Å². The predicted octanol–water partition coefficient (Wildman–Crippen LogP) is 5.67. The van der Waals surface area contributed by atoms with Gasteiger partial charge in [-0.1, -0.05) is 48.2 Å². The van der Waals surface area contributed by atoms with Crippen LogP contribution in [0.4, 0.5) is 0 Å². The summed E-state index contributed by atoms with van der Waals surface area (Å²) in [5.41, 5.74) is 3.63. The topological polar surface area (TPSA) is 80.7 Å². The van der Waals surface area contributed by atoms with Crippen LogP contribution in [0, 0.1) is 0 Å². The number of hydrogen-bond donors (Lipinski definition) is 0. The van der Waals surface area contributed by atoms with Crippen LogP contribution in [0.25, 0.3) is 0 Å². The van der Waals surface area contributed by atoms with Crippen LogP contribution < -0.4 is 9.47 Å². The number of aliphatic imine (C=N–C) groups is 1. The monoisotopic (exact) mass is 549 g/mol. The molecule has 1 amide bonds. The molecule has 0 fully saturated rings. The minimum absolute atomic E-state index is 0.0100. The molecule has 39 heavy (non-hydrogen) atoms. The molecule has 206 valence electrons. The highest BCUT2D eigenvalue weighted by atomic mass is 32.2. The third-order valence-electron chi connectivity index (χ3n) is 6.54. The number of allylic oxidation sites excluding steroid dienone is 1. The number of esters is 1. The molecule has 4 rings (SSSR count). The minimum Gasteiger partial charge on any atom is -0.493 e. The quantitative estimate of drug-likeness (QED) is 0.353. The molecule has 8 nitrogen and oxygen atoms in total. The lowest BCUT2D eigenvalue weighted by Gasteiger charge is -2.37. The van der Waals surface area contributed by atoms with Crippen LogP contribution in [0.1, 0.15) is 51.3 Å². The molecule has 0 saturated heterocycles. The summed E-state index contributed by atoms with van der Waals surface area (Å²) in [5.74, 6) is 0.685. The molecule has 2 aliphatic heterocycles. The fourth-order valence-corrected chi connectivity index (χ4v) is 5.36. The Balaban J connectivity index is 1.73. The molecule has 2 heterocycles. The second kappa shape index (κ2) is 12.4. The van der Waals surface area contributed by atoms with Gasteiger partial charge in [0.2, 0.25) is 5.91 Å². The molecule has 0 spiro atoms. The number of rotatable bonds is 10. The van der Waals surface area contributed by atoms with Crippen LogP contribution in [0.5, 0.6) is 11.5 Å². The predicted molar refractivity (Wildman–Crippen MR) is 153 cm³/mol. The highest BCUT2D eigenvalue weighted by Gasteiger charge is 2.41. The number of fused-ring (bicyclic) bond motifs is 1. The van der Waals surface area contributed by atoms with Gasteiger partial charge < -0.3 is 24.0 Å². The maximum atomic E-state index is 13.4. The third kappa shape index (κ3) is 6.30. The number of amides is 1. The van der Waals surface area contributed by atoms with E-state index in [1.807, 2.05) is 86.5 Å². The normalized spacial score (nSPS) is 16.5. The number of thioether (sulfide) groups is 1. The van der Waals surface area contributed by atoms with Crippen molar-refractivity contribution in [2.24, 2.45) is 4.99 Å². The van der Waals surface area contributed by atoms with Crippen LogP contribution in [0.3, 0.4) is 0 Å². The lowest BCUT2D eigenvalue weighted by atomic mass is 9.93. The molecule has 0 radical (unpaired) electrons. The van der Waals surface area contributed by atoms with Gasteiger partial charge in [0.05, 0.1) is 36.9 Å².